The van der Waals surface area contributed by atoms with Gasteiger partial charge in [-0.05, 0) is 128 Å². The lowest BCUT2D eigenvalue weighted by Gasteiger charge is -2.17. The number of hydrogen-bond donors (Lipinski definition) is 0. The number of benzene rings is 10. The number of aryl methyl sites for hydroxylation is 1. The molecule has 0 aliphatic carbocycles. The summed E-state index contributed by atoms with van der Waals surface area (Å²) in [5.41, 5.74) is 18.3. The SMILES string of the molecule is Cc1c(-c2cc(-c3ccccc3)cc(-c3ccccc3)c2)nc(-c2ccc3cc(-c4nc(-c5cc(-c6ccccc6)cc(-c6ccccc6)c5)nc5ccccc45)ccc3c2)c2ccccc12. The monoisotopic (exact) mass is 853 g/mol. The Bertz CT molecular complexity index is 3670. The molecule has 0 unspecified atom stereocenters. The van der Waals surface area contributed by atoms with Crippen molar-refractivity contribution in [3.05, 3.63) is 248 Å². The third kappa shape index (κ3) is 7.63. The van der Waals surface area contributed by atoms with Crippen molar-refractivity contribution in [3.8, 4) is 89.7 Å². The average Bonchev–Trinajstić information content (AvgIpc) is 3.41. The van der Waals surface area contributed by atoms with Gasteiger partial charge in [-0.15, -0.1) is 0 Å². The number of rotatable bonds is 8. The van der Waals surface area contributed by atoms with Crippen molar-refractivity contribution in [2.24, 2.45) is 0 Å². The van der Waals surface area contributed by atoms with Gasteiger partial charge in [0, 0.05) is 33.0 Å². The van der Waals surface area contributed by atoms with E-state index in [4.69, 9.17) is 15.0 Å². The molecule has 0 N–H and O–H groups in total. The average molecular weight is 854 g/mol. The van der Waals surface area contributed by atoms with Crippen LogP contribution in [0.15, 0.2) is 243 Å². The van der Waals surface area contributed by atoms with Crippen molar-refractivity contribution < 1.29 is 0 Å². The van der Waals surface area contributed by atoms with Crippen molar-refractivity contribution in [1.29, 1.82) is 0 Å². The number of hydrogen-bond acceptors (Lipinski definition) is 3. The molecule has 12 aromatic rings. The minimum Gasteiger partial charge on any atom is -0.247 e. The Kier molecular flexibility index (Phi) is 10.1. The maximum Gasteiger partial charge on any atom is 0.160 e. The number of para-hydroxylation sites is 1. The molecule has 67 heavy (non-hydrogen) atoms. The number of nitrogens with zero attached hydrogens (tertiary/aromatic N) is 3. The molecule has 0 saturated carbocycles. The molecule has 10 aromatic carbocycles. The van der Waals surface area contributed by atoms with Gasteiger partial charge in [0.1, 0.15) is 0 Å². The van der Waals surface area contributed by atoms with Gasteiger partial charge in [0.05, 0.1) is 22.6 Å². The third-order valence-corrected chi connectivity index (χ3v) is 13.0. The molecular formula is C64H43N3. The molecule has 0 atom stereocenters. The third-order valence-electron chi connectivity index (χ3n) is 13.0. The number of aromatic nitrogens is 3. The number of pyridine rings is 1. The van der Waals surface area contributed by atoms with Crippen LogP contribution in [0.2, 0.25) is 0 Å². The van der Waals surface area contributed by atoms with Crippen LogP contribution in [-0.4, -0.2) is 15.0 Å². The lowest BCUT2D eigenvalue weighted by atomic mass is 9.91. The summed E-state index contributed by atoms with van der Waals surface area (Å²) in [6.07, 6.45) is 0. The van der Waals surface area contributed by atoms with Crippen LogP contribution in [-0.2, 0) is 0 Å². The van der Waals surface area contributed by atoms with Gasteiger partial charge in [-0.2, -0.15) is 0 Å². The molecule has 3 heteroatoms. The summed E-state index contributed by atoms with van der Waals surface area (Å²) < 4.78 is 0. The van der Waals surface area contributed by atoms with Gasteiger partial charge < -0.3 is 0 Å². The summed E-state index contributed by atoms with van der Waals surface area (Å²) in [7, 11) is 0. The van der Waals surface area contributed by atoms with Crippen LogP contribution in [0.5, 0.6) is 0 Å². The Morgan fingerprint density at radius 2 is 0.627 bits per heavy atom. The predicted molar refractivity (Wildman–Crippen MR) is 281 cm³/mol. The van der Waals surface area contributed by atoms with E-state index in [2.05, 4.69) is 250 Å². The first-order valence-electron chi connectivity index (χ1n) is 22.8. The molecule has 0 radical (unpaired) electrons. The van der Waals surface area contributed by atoms with E-state index < -0.39 is 0 Å². The van der Waals surface area contributed by atoms with Crippen LogP contribution < -0.4 is 0 Å². The highest BCUT2D eigenvalue weighted by atomic mass is 14.9. The fourth-order valence-corrected chi connectivity index (χ4v) is 9.58. The van der Waals surface area contributed by atoms with Crippen LogP contribution in [0, 0.1) is 6.92 Å². The smallest absolute Gasteiger partial charge is 0.160 e. The molecule has 0 aliphatic heterocycles. The van der Waals surface area contributed by atoms with E-state index in [1.165, 1.54) is 16.5 Å². The Balaban J connectivity index is 0.974. The zero-order chi connectivity index (χ0) is 44.7. The van der Waals surface area contributed by atoms with Crippen LogP contribution >= 0.6 is 0 Å². The van der Waals surface area contributed by atoms with Gasteiger partial charge >= 0.3 is 0 Å². The summed E-state index contributed by atoms with van der Waals surface area (Å²) in [4.78, 5) is 16.2. The lowest BCUT2D eigenvalue weighted by Crippen LogP contribution is -1.97. The molecule has 3 nitrogen and oxygen atoms in total. The van der Waals surface area contributed by atoms with E-state index in [1.54, 1.807) is 0 Å². The zero-order valence-electron chi connectivity index (χ0n) is 36.9. The van der Waals surface area contributed by atoms with Crippen LogP contribution in [0.3, 0.4) is 0 Å². The molecule has 0 aliphatic rings. The molecule has 2 heterocycles. The largest absolute Gasteiger partial charge is 0.247 e. The van der Waals surface area contributed by atoms with E-state index in [1.807, 2.05) is 0 Å². The second-order valence-electron chi connectivity index (χ2n) is 17.2. The summed E-state index contributed by atoms with van der Waals surface area (Å²) in [5, 5.41) is 5.60. The van der Waals surface area contributed by atoms with Crippen molar-refractivity contribution in [2.75, 3.05) is 0 Å². The molecule has 0 fully saturated rings. The summed E-state index contributed by atoms with van der Waals surface area (Å²) >= 11 is 0. The van der Waals surface area contributed by atoms with E-state index in [-0.39, 0.29) is 0 Å². The molecule has 0 spiro atoms. The molecule has 314 valence electrons. The van der Waals surface area contributed by atoms with E-state index in [9.17, 15) is 0 Å². The first kappa shape index (κ1) is 39.8. The van der Waals surface area contributed by atoms with Gasteiger partial charge in [-0.1, -0.05) is 188 Å². The Morgan fingerprint density at radius 1 is 0.239 bits per heavy atom. The number of fused-ring (bicyclic) bond motifs is 3. The van der Waals surface area contributed by atoms with E-state index in [0.717, 1.165) is 105 Å². The maximum absolute atomic E-state index is 5.59. The van der Waals surface area contributed by atoms with Gasteiger partial charge in [0.15, 0.2) is 5.82 Å². The van der Waals surface area contributed by atoms with Crippen LogP contribution in [0.25, 0.3) is 122 Å². The van der Waals surface area contributed by atoms with Gasteiger partial charge in [-0.3, -0.25) is 0 Å². The molecule has 0 bridgehead atoms. The highest BCUT2D eigenvalue weighted by molar-refractivity contribution is 6.03. The van der Waals surface area contributed by atoms with Gasteiger partial charge in [0.2, 0.25) is 0 Å². The van der Waals surface area contributed by atoms with E-state index >= 15 is 0 Å². The molecule has 2 aromatic heterocycles. The molecule has 0 saturated heterocycles. The Morgan fingerprint density at radius 3 is 1.12 bits per heavy atom. The first-order valence-corrected chi connectivity index (χ1v) is 22.8. The normalized spacial score (nSPS) is 11.4. The van der Waals surface area contributed by atoms with Gasteiger partial charge in [-0.25, -0.2) is 15.0 Å². The topological polar surface area (TPSA) is 38.7 Å². The second kappa shape index (κ2) is 17.0. The molecule has 0 amide bonds. The highest BCUT2D eigenvalue weighted by Gasteiger charge is 2.18. The van der Waals surface area contributed by atoms with Gasteiger partial charge in [0.25, 0.3) is 0 Å². The fourth-order valence-electron chi connectivity index (χ4n) is 9.58. The zero-order valence-corrected chi connectivity index (χ0v) is 36.9. The lowest BCUT2D eigenvalue weighted by molar-refractivity contribution is 1.23. The Labute approximate surface area is 390 Å². The quantitative estimate of drug-likeness (QED) is 0.153. The van der Waals surface area contributed by atoms with E-state index in [0.29, 0.717) is 5.82 Å². The highest BCUT2D eigenvalue weighted by Crippen LogP contribution is 2.40. The van der Waals surface area contributed by atoms with Crippen molar-refractivity contribution in [2.45, 2.75) is 6.92 Å². The second-order valence-corrected chi connectivity index (χ2v) is 17.2. The van der Waals surface area contributed by atoms with Crippen molar-refractivity contribution >= 4 is 32.4 Å². The summed E-state index contributed by atoms with van der Waals surface area (Å²) in [6.45, 7) is 2.21. The maximum atomic E-state index is 5.59. The summed E-state index contributed by atoms with van der Waals surface area (Å²) in [5.74, 6) is 0.692. The minimum atomic E-state index is 0.692. The minimum absolute atomic E-state index is 0.692. The van der Waals surface area contributed by atoms with Crippen LogP contribution in [0.1, 0.15) is 5.56 Å². The first-order chi connectivity index (χ1) is 33.1. The van der Waals surface area contributed by atoms with Crippen LogP contribution in [0.4, 0.5) is 0 Å². The summed E-state index contributed by atoms with van der Waals surface area (Å²) in [6, 6.07) is 86.3. The fraction of sp³-hybridized carbons (Fsp3) is 0.0156. The Hall–Kier alpha value is -8.79. The molecular weight excluding hydrogens is 811 g/mol. The predicted octanol–water partition coefficient (Wildman–Crippen LogP) is 17.0. The van der Waals surface area contributed by atoms with Crippen molar-refractivity contribution in [3.63, 3.8) is 0 Å². The molecule has 12 rings (SSSR count). The standard InChI is InChI=1S/C64H43N3/c1-42-57-26-14-15-27-58(57)62(66-61(42)55-38-51(43-18-6-2-7-19-43)36-52(39-55)44-20-8-3-9-21-44)49-32-30-48-35-50(33-31-47(48)34-49)63-59-28-16-17-29-60(59)65-64(67-63)56-40-53(45-22-10-4-11-23-45)37-54(41-56)46-24-12-5-13-25-46/h2-41H,1H3. The van der Waals surface area contributed by atoms with Crippen molar-refractivity contribution in [1.82, 2.24) is 15.0 Å².